The van der Waals surface area contributed by atoms with Crippen LogP contribution in [0.5, 0.6) is 0 Å². The molecule has 0 amide bonds. The van der Waals surface area contributed by atoms with Crippen molar-refractivity contribution in [2.45, 2.75) is 4.90 Å². The van der Waals surface area contributed by atoms with Crippen molar-refractivity contribution in [2.75, 3.05) is 15.4 Å². The van der Waals surface area contributed by atoms with Crippen molar-refractivity contribution in [1.29, 1.82) is 0 Å². The molecule has 0 unspecified atom stereocenters. The van der Waals surface area contributed by atoms with Crippen molar-refractivity contribution >= 4 is 56.1 Å². The van der Waals surface area contributed by atoms with E-state index in [2.05, 4.69) is 25.6 Å². The fourth-order valence-corrected chi connectivity index (χ4v) is 3.44. The average Bonchev–Trinajstić information content (AvgIpc) is 2.66. The van der Waals surface area contributed by atoms with Crippen LogP contribution in [0.1, 0.15) is 0 Å². The van der Waals surface area contributed by atoms with Gasteiger partial charge in [0.05, 0.1) is 4.90 Å². The third kappa shape index (κ3) is 5.35. The minimum Gasteiger partial charge on any atom is -0.332 e. The topological polar surface area (TPSA) is 96.0 Å². The van der Waals surface area contributed by atoms with Gasteiger partial charge in [-0.25, -0.2) is 12.8 Å². The first-order chi connectivity index (χ1) is 13.3. The number of benzene rings is 2. The predicted octanol–water partition coefficient (Wildman–Crippen LogP) is 3.88. The van der Waals surface area contributed by atoms with E-state index < -0.39 is 10.0 Å². The summed E-state index contributed by atoms with van der Waals surface area (Å²) in [6.45, 7) is 0. The molecule has 0 spiro atoms. The average molecular weight is 438 g/mol. The number of rotatable bonds is 5. The summed E-state index contributed by atoms with van der Waals surface area (Å²) in [4.78, 5) is 0.0345. The third-order valence-electron chi connectivity index (χ3n) is 3.40. The van der Waals surface area contributed by atoms with Gasteiger partial charge in [-0.3, -0.25) is 4.72 Å². The molecule has 0 saturated heterocycles. The lowest BCUT2D eigenvalue weighted by molar-refractivity contribution is 0.601. The second-order valence-corrected chi connectivity index (χ2v) is 7.94. The summed E-state index contributed by atoms with van der Waals surface area (Å²) in [5.41, 5.74) is 1.19. The van der Waals surface area contributed by atoms with E-state index in [-0.39, 0.29) is 26.8 Å². The Kier molecular flexibility index (Phi) is 6.02. The van der Waals surface area contributed by atoms with E-state index in [1.165, 1.54) is 36.4 Å². The van der Waals surface area contributed by atoms with Crippen LogP contribution in [-0.2, 0) is 10.0 Å². The largest absolute Gasteiger partial charge is 0.332 e. The summed E-state index contributed by atoms with van der Waals surface area (Å²) in [5.74, 6) is -0.296. The first-order valence-corrected chi connectivity index (χ1v) is 10.0. The molecule has 3 N–H and O–H groups in total. The Morgan fingerprint density at radius 1 is 0.893 bits per heavy atom. The summed E-state index contributed by atoms with van der Waals surface area (Å²) in [6, 6.07) is 14.5. The lowest BCUT2D eigenvalue weighted by Gasteiger charge is -2.11. The van der Waals surface area contributed by atoms with Gasteiger partial charge in [-0.05, 0) is 72.9 Å². The summed E-state index contributed by atoms with van der Waals surface area (Å²) in [5, 5.41) is 13.5. The first kappa shape index (κ1) is 19.9. The van der Waals surface area contributed by atoms with Gasteiger partial charge in [-0.2, -0.15) is 0 Å². The first-order valence-electron chi connectivity index (χ1n) is 7.77. The number of thiocarbonyl (C=S) groups is 1. The number of nitrogens with one attached hydrogen (secondary N) is 3. The quantitative estimate of drug-likeness (QED) is 0.521. The molecule has 11 heteroatoms. The Balaban J connectivity index is 1.64. The molecular formula is C17H13ClFN5O2S2. The Morgan fingerprint density at radius 2 is 1.46 bits per heavy atom. The van der Waals surface area contributed by atoms with Gasteiger partial charge in [0.2, 0.25) is 0 Å². The molecule has 0 radical (unpaired) electrons. The molecule has 2 aromatic carbocycles. The maximum absolute atomic E-state index is 12.9. The number of hydrogen-bond acceptors (Lipinski definition) is 5. The highest BCUT2D eigenvalue weighted by Crippen LogP contribution is 2.18. The van der Waals surface area contributed by atoms with Gasteiger partial charge in [-0.1, -0.05) is 11.6 Å². The number of aromatic nitrogens is 2. The molecule has 0 atom stereocenters. The maximum atomic E-state index is 12.9. The normalized spacial score (nSPS) is 10.9. The molecule has 0 saturated carbocycles. The Morgan fingerprint density at radius 3 is 2.00 bits per heavy atom. The van der Waals surface area contributed by atoms with E-state index in [9.17, 15) is 12.8 Å². The van der Waals surface area contributed by atoms with Crippen LogP contribution in [0.2, 0.25) is 5.15 Å². The summed E-state index contributed by atoms with van der Waals surface area (Å²) >= 11 is 10.8. The van der Waals surface area contributed by atoms with Crippen LogP contribution >= 0.6 is 23.8 Å². The number of anilines is 3. The minimum atomic E-state index is -3.83. The molecule has 0 aliphatic carbocycles. The van der Waals surface area contributed by atoms with Crippen molar-refractivity contribution in [1.82, 2.24) is 10.2 Å². The van der Waals surface area contributed by atoms with E-state index >= 15 is 0 Å². The van der Waals surface area contributed by atoms with Gasteiger partial charge in [0, 0.05) is 11.4 Å². The molecule has 144 valence electrons. The molecule has 3 aromatic rings. The molecule has 3 rings (SSSR count). The zero-order chi connectivity index (χ0) is 20.1. The fourth-order valence-electron chi connectivity index (χ4n) is 2.11. The zero-order valence-electron chi connectivity index (χ0n) is 14.1. The number of halogens is 2. The maximum Gasteiger partial charge on any atom is 0.263 e. The van der Waals surface area contributed by atoms with E-state index in [1.807, 2.05) is 0 Å². The van der Waals surface area contributed by atoms with Gasteiger partial charge in [-0.15, -0.1) is 10.2 Å². The minimum absolute atomic E-state index is 0.0345. The standard InChI is InChI=1S/C17H13ClFN5O2S2/c18-15-9-10-16(23-22-15)24-28(25,26)14-7-5-13(6-8-14)21-17(27)20-12-3-1-11(19)2-4-12/h1-10H,(H,23,24)(H2,20,21,27). The van der Waals surface area contributed by atoms with Crippen LogP contribution in [0.3, 0.4) is 0 Å². The van der Waals surface area contributed by atoms with E-state index in [0.717, 1.165) is 0 Å². The predicted molar refractivity (Wildman–Crippen MR) is 111 cm³/mol. The molecule has 1 aromatic heterocycles. The van der Waals surface area contributed by atoms with Crippen LogP contribution in [-0.4, -0.2) is 23.7 Å². The smallest absolute Gasteiger partial charge is 0.263 e. The fraction of sp³-hybridized carbons (Fsp3) is 0. The second kappa shape index (κ2) is 8.46. The second-order valence-electron chi connectivity index (χ2n) is 5.46. The van der Waals surface area contributed by atoms with Gasteiger partial charge >= 0.3 is 0 Å². The highest BCUT2D eigenvalue weighted by molar-refractivity contribution is 7.92. The Labute approximate surface area is 171 Å². The summed E-state index contributed by atoms with van der Waals surface area (Å²) < 4.78 is 40.0. The molecule has 0 aliphatic rings. The van der Waals surface area contributed by atoms with Crippen molar-refractivity contribution in [3.05, 3.63) is 71.6 Å². The molecule has 7 nitrogen and oxygen atoms in total. The van der Waals surface area contributed by atoms with Gasteiger partial charge in [0.25, 0.3) is 10.0 Å². The van der Waals surface area contributed by atoms with Crippen molar-refractivity contribution in [3.8, 4) is 0 Å². The van der Waals surface area contributed by atoms with Crippen LogP contribution in [0, 0.1) is 5.82 Å². The molecule has 0 fully saturated rings. The van der Waals surface area contributed by atoms with E-state index in [0.29, 0.717) is 11.4 Å². The zero-order valence-corrected chi connectivity index (χ0v) is 16.4. The van der Waals surface area contributed by atoms with Gasteiger partial charge in [0.1, 0.15) is 5.82 Å². The molecule has 1 heterocycles. The highest BCUT2D eigenvalue weighted by atomic mass is 35.5. The molecule has 0 bridgehead atoms. The van der Waals surface area contributed by atoms with Crippen LogP contribution in [0.15, 0.2) is 65.6 Å². The van der Waals surface area contributed by atoms with Crippen molar-refractivity contribution < 1.29 is 12.8 Å². The Bertz CT molecular complexity index is 1080. The SMILES string of the molecule is O=S(=O)(Nc1ccc(Cl)nn1)c1ccc(NC(=S)Nc2ccc(F)cc2)cc1. The lowest BCUT2D eigenvalue weighted by atomic mass is 10.3. The van der Waals surface area contributed by atoms with Crippen LogP contribution < -0.4 is 15.4 Å². The van der Waals surface area contributed by atoms with Crippen LogP contribution in [0.25, 0.3) is 0 Å². The molecular weight excluding hydrogens is 425 g/mol. The van der Waals surface area contributed by atoms with Gasteiger partial charge < -0.3 is 10.6 Å². The molecule has 0 aliphatic heterocycles. The van der Waals surface area contributed by atoms with Crippen molar-refractivity contribution in [2.24, 2.45) is 0 Å². The van der Waals surface area contributed by atoms with Crippen molar-refractivity contribution in [3.63, 3.8) is 0 Å². The number of sulfonamides is 1. The lowest BCUT2D eigenvalue weighted by Crippen LogP contribution is -2.19. The summed E-state index contributed by atoms with van der Waals surface area (Å²) in [7, 11) is -3.83. The monoisotopic (exact) mass is 437 g/mol. The number of nitrogens with zero attached hydrogens (tertiary/aromatic N) is 2. The van der Waals surface area contributed by atoms with Crippen LogP contribution in [0.4, 0.5) is 21.6 Å². The highest BCUT2D eigenvalue weighted by Gasteiger charge is 2.15. The number of hydrogen-bond donors (Lipinski definition) is 3. The molecule has 28 heavy (non-hydrogen) atoms. The van der Waals surface area contributed by atoms with Gasteiger partial charge in [0.15, 0.2) is 16.1 Å². The van der Waals surface area contributed by atoms with E-state index in [4.69, 9.17) is 23.8 Å². The Hall–Kier alpha value is -2.82. The summed E-state index contributed by atoms with van der Waals surface area (Å²) in [6.07, 6.45) is 0. The third-order valence-corrected chi connectivity index (χ3v) is 5.17. The van der Waals surface area contributed by atoms with E-state index in [1.54, 1.807) is 24.3 Å².